The summed E-state index contributed by atoms with van der Waals surface area (Å²) in [5, 5.41) is 0. The van der Waals surface area contributed by atoms with Gasteiger partial charge in [-0.15, -0.1) is 0 Å². The summed E-state index contributed by atoms with van der Waals surface area (Å²) in [5.41, 5.74) is 0.344. The summed E-state index contributed by atoms with van der Waals surface area (Å²) in [6, 6.07) is 5.69. The van der Waals surface area contributed by atoms with Crippen molar-refractivity contribution in [3.05, 3.63) is 23.8 Å². The van der Waals surface area contributed by atoms with Gasteiger partial charge >= 0.3 is 0 Å². The molecule has 0 N–H and O–H groups in total. The predicted molar refractivity (Wildman–Crippen MR) is 89.7 cm³/mol. The molecule has 0 spiro atoms. The van der Waals surface area contributed by atoms with E-state index < -0.39 is 5.41 Å². The van der Waals surface area contributed by atoms with Gasteiger partial charge in [0.15, 0.2) is 11.5 Å². The molecule has 0 fully saturated rings. The number of nitrogens with zero attached hydrogens (tertiary/aromatic N) is 1. The van der Waals surface area contributed by atoms with Gasteiger partial charge in [-0.3, -0.25) is 4.79 Å². The second kappa shape index (κ2) is 8.06. The smallest absolute Gasteiger partial charge is 0.232 e. The maximum Gasteiger partial charge on any atom is 0.232 e. The number of amides is 1. The summed E-state index contributed by atoms with van der Waals surface area (Å²) in [6.45, 7) is 9.72. The molecule has 1 aromatic carbocycles. The van der Waals surface area contributed by atoms with E-state index >= 15 is 0 Å². The van der Waals surface area contributed by atoms with Gasteiger partial charge in [-0.05, 0) is 44.4 Å². The van der Waals surface area contributed by atoms with E-state index in [2.05, 4.69) is 13.8 Å². The van der Waals surface area contributed by atoms with Gasteiger partial charge in [-0.1, -0.05) is 19.9 Å². The molecule has 0 atom stereocenters. The van der Waals surface area contributed by atoms with Gasteiger partial charge in [-0.2, -0.15) is 0 Å². The Kier molecular flexibility index (Phi) is 6.72. The predicted octanol–water partition coefficient (Wildman–Crippen LogP) is 3.63. The molecular formula is C18H29NO3. The van der Waals surface area contributed by atoms with Crippen LogP contribution < -0.4 is 9.47 Å². The second-order valence-corrected chi connectivity index (χ2v) is 5.99. The number of methoxy groups -OCH3 is 2. The molecule has 0 aromatic heterocycles. The number of rotatable bonds is 8. The summed E-state index contributed by atoms with van der Waals surface area (Å²) >= 11 is 0. The van der Waals surface area contributed by atoms with E-state index in [4.69, 9.17) is 9.47 Å². The number of ether oxygens (including phenoxy) is 2. The number of hydrogen-bond acceptors (Lipinski definition) is 3. The van der Waals surface area contributed by atoms with Crippen molar-refractivity contribution in [2.24, 2.45) is 0 Å². The molecule has 124 valence electrons. The van der Waals surface area contributed by atoms with Gasteiger partial charge in [0, 0.05) is 13.1 Å². The highest BCUT2D eigenvalue weighted by Gasteiger charge is 2.33. The van der Waals surface area contributed by atoms with E-state index in [0.29, 0.717) is 11.5 Å². The monoisotopic (exact) mass is 307 g/mol. The van der Waals surface area contributed by atoms with Gasteiger partial charge < -0.3 is 14.4 Å². The van der Waals surface area contributed by atoms with Gasteiger partial charge in [0.05, 0.1) is 19.6 Å². The van der Waals surface area contributed by atoms with Gasteiger partial charge in [0.1, 0.15) is 0 Å². The quantitative estimate of drug-likeness (QED) is 0.736. The first-order valence-electron chi connectivity index (χ1n) is 7.94. The third-order valence-electron chi connectivity index (χ3n) is 3.91. The third-order valence-corrected chi connectivity index (χ3v) is 3.91. The lowest BCUT2D eigenvalue weighted by atomic mass is 9.82. The first-order chi connectivity index (χ1) is 10.4. The van der Waals surface area contributed by atoms with Crippen LogP contribution in [0.4, 0.5) is 0 Å². The van der Waals surface area contributed by atoms with Crippen LogP contribution in [0.3, 0.4) is 0 Å². The molecule has 1 aromatic rings. The second-order valence-electron chi connectivity index (χ2n) is 5.99. The highest BCUT2D eigenvalue weighted by atomic mass is 16.5. The average molecular weight is 307 g/mol. The molecule has 0 aliphatic rings. The molecule has 0 radical (unpaired) electrons. The van der Waals surface area contributed by atoms with Crippen molar-refractivity contribution in [1.29, 1.82) is 0 Å². The largest absolute Gasteiger partial charge is 0.493 e. The van der Waals surface area contributed by atoms with Crippen molar-refractivity contribution in [3.8, 4) is 11.5 Å². The Balaban J connectivity index is 3.13. The van der Waals surface area contributed by atoms with Crippen LogP contribution in [0.1, 0.15) is 46.1 Å². The van der Waals surface area contributed by atoms with Crippen LogP contribution in [0.15, 0.2) is 18.2 Å². The maximum atomic E-state index is 13.0. The molecule has 0 saturated carbocycles. The fourth-order valence-electron chi connectivity index (χ4n) is 2.60. The Morgan fingerprint density at radius 3 is 2.05 bits per heavy atom. The molecule has 0 aliphatic carbocycles. The zero-order valence-electron chi connectivity index (χ0n) is 14.7. The van der Waals surface area contributed by atoms with Crippen LogP contribution in [0.25, 0.3) is 0 Å². The van der Waals surface area contributed by atoms with E-state index in [9.17, 15) is 4.79 Å². The zero-order chi connectivity index (χ0) is 16.8. The average Bonchev–Trinajstić information content (AvgIpc) is 2.53. The van der Waals surface area contributed by atoms with Crippen molar-refractivity contribution in [3.63, 3.8) is 0 Å². The van der Waals surface area contributed by atoms with Crippen LogP contribution in [0, 0.1) is 0 Å². The lowest BCUT2D eigenvalue weighted by Crippen LogP contribution is -2.44. The molecule has 0 heterocycles. The molecule has 0 unspecified atom stereocenters. The van der Waals surface area contributed by atoms with E-state index in [-0.39, 0.29) is 5.91 Å². The first kappa shape index (κ1) is 18.3. The highest BCUT2D eigenvalue weighted by Crippen LogP contribution is 2.34. The normalized spacial score (nSPS) is 11.2. The lowest BCUT2D eigenvalue weighted by molar-refractivity contribution is -0.136. The van der Waals surface area contributed by atoms with Crippen molar-refractivity contribution < 1.29 is 14.3 Å². The Labute approximate surface area is 134 Å². The molecular weight excluding hydrogens is 278 g/mol. The Morgan fingerprint density at radius 2 is 1.59 bits per heavy atom. The Morgan fingerprint density at radius 1 is 1.05 bits per heavy atom. The van der Waals surface area contributed by atoms with E-state index in [1.807, 2.05) is 36.9 Å². The summed E-state index contributed by atoms with van der Waals surface area (Å²) in [7, 11) is 3.22. The summed E-state index contributed by atoms with van der Waals surface area (Å²) < 4.78 is 10.6. The maximum absolute atomic E-state index is 13.0. The molecule has 0 bridgehead atoms. The molecule has 1 amide bonds. The molecule has 4 heteroatoms. The fourth-order valence-corrected chi connectivity index (χ4v) is 2.60. The number of hydrogen-bond donors (Lipinski definition) is 0. The van der Waals surface area contributed by atoms with Gasteiger partial charge in [-0.25, -0.2) is 0 Å². The fraction of sp³-hybridized carbons (Fsp3) is 0.611. The van der Waals surface area contributed by atoms with E-state index in [0.717, 1.165) is 31.5 Å². The van der Waals surface area contributed by atoms with E-state index in [1.165, 1.54) is 0 Å². The third kappa shape index (κ3) is 3.93. The Hall–Kier alpha value is -1.71. The molecule has 1 rings (SSSR count). The summed E-state index contributed by atoms with van der Waals surface area (Å²) in [4.78, 5) is 14.9. The SMILES string of the molecule is CCCN(CCC)C(=O)C(C)(C)c1ccc(OC)c(OC)c1. The van der Waals surface area contributed by atoms with Crippen molar-refractivity contribution in [2.75, 3.05) is 27.3 Å². The summed E-state index contributed by atoms with van der Waals surface area (Å²) in [5.74, 6) is 1.48. The van der Waals surface area contributed by atoms with Crippen LogP contribution in [0.2, 0.25) is 0 Å². The van der Waals surface area contributed by atoms with Crippen molar-refractivity contribution in [1.82, 2.24) is 4.90 Å². The highest BCUT2D eigenvalue weighted by molar-refractivity contribution is 5.87. The van der Waals surface area contributed by atoms with Crippen LogP contribution in [0.5, 0.6) is 11.5 Å². The Bertz CT molecular complexity index is 491. The topological polar surface area (TPSA) is 38.8 Å². The van der Waals surface area contributed by atoms with Gasteiger partial charge in [0.25, 0.3) is 0 Å². The number of carbonyl (C=O) groups is 1. The minimum absolute atomic E-state index is 0.156. The first-order valence-corrected chi connectivity index (χ1v) is 7.94. The van der Waals surface area contributed by atoms with Crippen molar-refractivity contribution >= 4 is 5.91 Å². The minimum Gasteiger partial charge on any atom is -0.493 e. The van der Waals surface area contributed by atoms with Crippen LogP contribution >= 0.6 is 0 Å². The van der Waals surface area contributed by atoms with E-state index in [1.54, 1.807) is 14.2 Å². The number of carbonyl (C=O) groups excluding carboxylic acids is 1. The standard InChI is InChI=1S/C18H29NO3/c1-7-11-19(12-8-2)17(20)18(3,4)14-9-10-15(21-5)16(13-14)22-6/h9-10,13H,7-8,11-12H2,1-6H3. The van der Waals surface area contributed by atoms with Crippen LogP contribution in [-0.2, 0) is 10.2 Å². The molecule has 0 saturated heterocycles. The molecule has 4 nitrogen and oxygen atoms in total. The lowest BCUT2D eigenvalue weighted by Gasteiger charge is -2.32. The summed E-state index contributed by atoms with van der Waals surface area (Å²) in [6.07, 6.45) is 1.93. The minimum atomic E-state index is -0.593. The number of benzene rings is 1. The van der Waals surface area contributed by atoms with Gasteiger partial charge in [0.2, 0.25) is 5.91 Å². The van der Waals surface area contributed by atoms with Crippen molar-refractivity contribution in [2.45, 2.75) is 46.0 Å². The molecule has 22 heavy (non-hydrogen) atoms. The van der Waals surface area contributed by atoms with Crippen LogP contribution in [-0.4, -0.2) is 38.1 Å². The zero-order valence-corrected chi connectivity index (χ0v) is 14.7. The molecule has 0 aliphatic heterocycles.